The number of para-hydroxylation sites is 1. The Kier molecular flexibility index (Phi) is 5.95. The third-order valence-corrected chi connectivity index (χ3v) is 5.70. The van der Waals surface area contributed by atoms with E-state index >= 15 is 0 Å². The third-order valence-electron chi connectivity index (χ3n) is 3.79. The Labute approximate surface area is 166 Å². The molecule has 9 nitrogen and oxygen atoms in total. The number of nitrogens with zero attached hydrogens (tertiary/aromatic N) is 4. The molecular weight excluding hydrogens is 400 g/mol. The molecule has 0 spiro atoms. The minimum absolute atomic E-state index is 0.0886. The topological polar surface area (TPSA) is 119 Å². The highest BCUT2D eigenvalue weighted by atomic mass is 32.2. The van der Waals surface area contributed by atoms with Gasteiger partial charge in [-0.3, -0.25) is 9.52 Å². The van der Waals surface area contributed by atoms with Gasteiger partial charge in [-0.25, -0.2) is 8.42 Å². The van der Waals surface area contributed by atoms with Crippen molar-refractivity contribution >= 4 is 39.1 Å². The first-order chi connectivity index (χ1) is 13.4. The molecule has 146 valence electrons. The first kappa shape index (κ1) is 19.8. The van der Waals surface area contributed by atoms with E-state index in [1.165, 1.54) is 18.7 Å². The zero-order chi connectivity index (χ0) is 20.1. The van der Waals surface area contributed by atoms with Gasteiger partial charge in [0.1, 0.15) is 0 Å². The van der Waals surface area contributed by atoms with Gasteiger partial charge in [-0.2, -0.15) is 4.68 Å². The standard InChI is InChI=1S/C17H18N6O3S2/c1-3-28(25,26)20-15-10-5-4-9-14(15)16(24)18-12-7-6-8-13(11-12)23-17(27-2)19-21-22-23/h4-11,20H,3H2,1-2H3,(H,18,24). The molecule has 11 heteroatoms. The number of thioether (sulfide) groups is 1. The molecule has 28 heavy (non-hydrogen) atoms. The molecule has 0 fully saturated rings. The predicted molar refractivity (Wildman–Crippen MR) is 108 cm³/mol. The van der Waals surface area contributed by atoms with E-state index in [-0.39, 0.29) is 17.0 Å². The van der Waals surface area contributed by atoms with Gasteiger partial charge < -0.3 is 5.32 Å². The summed E-state index contributed by atoms with van der Waals surface area (Å²) in [6.07, 6.45) is 1.86. The highest BCUT2D eigenvalue weighted by molar-refractivity contribution is 7.98. The number of benzene rings is 2. The maximum absolute atomic E-state index is 12.7. The molecule has 1 heterocycles. The van der Waals surface area contributed by atoms with Gasteiger partial charge in [0.2, 0.25) is 15.2 Å². The Bertz CT molecular complexity index is 1100. The zero-order valence-corrected chi connectivity index (χ0v) is 16.8. The second kappa shape index (κ2) is 8.40. The van der Waals surface area contributed by atoms with Gasteiger partial charge in [-0.05, 0) is 53.9 Å². The molecule has 0 aliphatic carbocycles. The Morgan fingerprint density at radius 1 is 1.18 bits per heavy atom. The van der Waals surface area contributed by atoms with Crippen LogP contribution in [0, 0.1) is 0 Å². The second-order valence-corrected chi connectivity index (χ2v) is 8.42. The third kappa shape index (κ3) is 4.49. The molecule has 0 radical (unpaired) electrons. The van der Waals surface area contributed by atoms with Crippen molar-refractivity contribution in [3.8, 4) is 5.69 Å². The molecule has 0 bridgehead atoms. The molecule has 3 aromatic rings. The van der Waals surface area contributed by atoms with Crippen molar-refractivity contribution in [2.45, 2.75) is 12.1 Å². The van der Waals surface area contributed by atoms with Gasteiger partial charge in [0, 0.05) is 5.69 Å². The number of aromatic nitrogens is 4. The van der Waals surface area contributed by atoms with Crippen molar-refractivity contribution in [2.75, 3.05) is 22.0 Å². The molecule has 3 rings (SSSR count). The van der Waals surface area contributed by atoms with Gasteiger partial charge in [-0.1, -0.05) is 30.0 Å². The summed E-state index contributed by atoms with van der Waals surface area (Å²) in [5, 5.41) is 14.9. The molecule has 0 atom stereocenters. The fourth-order valence-corrected chi connectivity index (χ4v) is 3.48. The van der Waals surface area contributed by atoms with Gasteiger partial charge in [0.05, 0.1) is 22.7 Å². The first-order valence-corrected chi connectivity index (χ1v) is 11.1. The Morgan fingerprint density at radius 3 is 2.71 bits per heavy atom. The largest absolute Gasteiger partial charge is 0.322 e. The average molecular weight is 419 g/mol. The van der Waals surface area contributed by atoms with E-state index in [4.69, 9.17) is 0 Å². The molecule has 1 amide bonds. The summed E-state index contributed by atoms with van der Waals surface area (Å²) < 4.78 is 27.7. The van der Waals surface area contributed by atoms with Crippen LogP contribution in [-0.4, -0.2) is 46.5 Å². The lowest BCUT2D eigenvalue weighted by Crippen LogP contribution is -2.19. The molecular formula is C17H18N6O3S2. The number of hydrogen-bond donors (Lipinski definition) is 2. The van der Waals surface area contributed by atoms with Crippen LogP contribution in [0.25, 0.3) is 5.69 Å². The molecule has 0 aliphatic heterocycles. The van der Waals surface area contributed by atoms with E-state index < -0.39 is 15.9 Å². The summed E-state index contributed by atoms with van der Waals surface area (Å²) in [5.74, 6) is -0.525. The highest BCUT2D eigenvalue weighted by Crippen LogP contribution is 2.21. The van der Waals surface area contributed by atoms with Gasteiger partial charge in [0.15, 0.2) is 0 Å². The maximum atomic E-state index is 12.7. The van der Waals surface area contributed by atoms with E-state index in [0.29, 0.717) is 16.5 Å². The van der Waals surface area contributed by atoms with Crippen LogP contribution in [0.15, 0.2) is 53.7 Å². The summed E-state index contributed by atoms with van der Waals surface area (Å²) >= 11 is 1.40. The Hall–Kier alpha value is -2.92. The fraction of sp³-hybridized carbons (Fsp3) is 0.176. The van der Waals surface area contributed by atoms with E-state index in [1.807, 2.05) is 12.3 Å². The van der Waals surface area contributed by atoms with Crippen molar-refractivity contribution in [2.24, 2.45) is 0 Å². The number of carbonyl (C=O) groups excluding carboxylic acids is 1. The van der Waals surface area contributed by atoms with E-state index in [2.05, 4.69) is 25.6 Å². The Morgan fingerprint density at radius 2 is 1.96 bits per heavy atom. The fourth-order valence-electron chi connectivity index (χ4n) is 2.39. The van der Waals surface area contributed by atoms with Crippen LogP contribution in [0.2, 0.25) is 0 Å². The number of anilines is 2. The SMILES string of the molecule is CCS(=O)(=O)Nc1ccccc1C(=O)Nc1cccc(-n2nnnc2SC)c1. The molecule has 2 N–H and O–H groups in total. The maximum Gasteiger partial charge on any atom is 0.257 e. The monoisotopic (exact) mass is 418 g/mol. The summed E-state index contributed by atoms with van der Waals surface area (Å²) in [7, 11) is -3.50. The first-order valence-electron chi connectivity index (χ1n) is 8.27. The van der Waals surface area contributed by atoms with Crippen LogP contribution in [-0.2, 0) is 10.0 Å². The normalized spacial score (nSPS) is 11.2. The van der Waals surface area contributed by atoms with Crippen LogP contribution < -0.4 is 10.0 Å². The smallest absolute Gasteiger partial charge is 0.257 e. The minimum atomic E-state index is -3.50. The lowest BCUT2D eigenvalue weighted by molar-refractivity contribution is 0.102. The van der Waals surface area contributed by atoms with Crippen LogP contribution in [0.1, 0.15) is 17.3 Å². The highest BCUT2D eigenvalue weighted by Gasteiger charge is 2.16. The van der Waals surface area contributed by atoms with Crippen molar-refractivity contribution in [3.63, 3.8) is 0 Å². The Balaban J connectivity index is 1.86. The molecule has 0 unspecified atom stereocenters. The number of sulfonamides is 1. The van der Waals surface area contributed by atoms with E-state index in [9.17, 15) is 13.2 Å². The van der Waals surface area contributed by atoms with Crippen LogP contribution in [0.3, 0.4) is 0 Å². The van der Waals surface area contributed by atoms with E-state index in [0.717, 1.165) is 0 Å². The number of nitrogens with one attached hydrogen (secondary N) is 2. The van der Waals surface area contributed by atoms with Crippen molar-refractivity contribution in [3.05, 3.63) is 54.1 Å². The summed E-state index contributed by atoms with van der Waals surface area (Å²) in [5.41, 5.74) is 1.66. The number of hydrogen-bond acceptors (Lipinski definition) is 7. The summed E-state index contributed by atoms with van der Waals surface area (Å²) in [6.45, 7) is 1.53. The quantitative estimate of drug-likeness (QED) is 0.566. The van der Waals surface area contributed by atoms with Crippen LogP contribution >= 0.6 is 11.8 Å². The summed E-state index contributed by atoms with van der Waals surface area (Å²) in [4.78, 5) is 12.7. The van der Waals surface area contributed by atoms with Crippen molar-refractivity contribution < 1.29 is 13.2 Å². The molecule has 0 saturated carbocycles. The average Bonchev–Trinajstić information content (AvgIpc) is 3.17. The summed E-state index contributed by atoms with van der Waals surface area (Å²) in [6, 6.07) is 13.5. The minimum Gasteiger partial charge on any atom is -0.322 e. The second-order valence-electron chi connectivity index (χ2n) is 5.63. The van der Waals surface area contributed by atoms with Crippen molar-refractivity contribution in [1.29, 1.82) is 0 Å². The molecule has 0 aliphatic rings. The lowest BCUT2D eigenvalue weighted by Gasteiger charge is -2.12. The number of amides is 1. The van der Waals surface area contributed by atoms with E-state index in [1.54, 1.807) is 47.1 Å². The number of carbonyl (C=O) groups is 1. The molecule has 0 saturated heterocycles. The molecule has 2 aromatic carbocycles. The molecule has 1 aromatic heterocycles. The van der Waals surface area contributed by atoms with Crippen molar-refractivity contribution in [1.82, 2.24) is 20.2 Å². The lowest BCUT2D eigenvalue weighted by atomic mass is 10.1. The number of rotatable bonds is 7. The number of tetrazole rings is 1. The van der Waals surface area contributed by atoms with Gasteiger partial charge >= 0.3 is 0 Å². The predicted octanol–water partition coefficient (Wildman–Crippen LogP) is 2.40. The van der Waals surface area contributed by atoms with Gasteiger partial charge in [-0.15, -0.1) is 5.10 Å². The van der Waals surface area contributed by atoms with Gasteiger partial charge in [0.25, 0.3) is 5.91 Å². The van der Waals surface area contributed by atoms with Crippen LogP contribution in [0.5, 0.6) is 0 Å². The zero-order valence-electron chi connectivity index (χ0n) is 15.2. The van der Waals surface area contributed by atoms with Crippen LogP contribution in [0.4, 0.5) is 11.4 Å².